The van der Waals surface area contributed by atoms with Gasteiger partial charge in [0.25, 0.3) is 0 Å². The van der Waals surface area contributed by atoms with E-state index >= 15 is 0 Å². The molecule has 0 radical (unpaired) electrons. The number of carboxylic acids is 1. The van der Waals surface area contributed by atoms with Gasteiger partial charge >= 0.3 is 5.97 Å². The van der Waals surface area contributed by atoms with Crippen LogP contribution in [0.5, 0.6) is 0 Å². The van der Waals surface area contributed by atoms with E-state index in [1.54, 1.807) is 0 Å². The van der Waals surface area contributed by atoms with Crippen LogP contribution in [0.15, 0.2) is 15.4 Å². The van der Waals surface area contributed by atoms with E-state index in [2.05, 4.69) is 18.6 Å². The maximum absolute atomic E-state index is 12.4. The van der Waals surface area contributed by atoms with Crippen molar-refractivity contribution in [2.24, 2.45) is 11.8 Å². The Morgan fingerprint density at radius 1 is 1.33 bits per heavy atom. The summed E-state index contributed by atoms with van der Waals surface area (Å²) in [6.45, 7) is 5.75. The average molecular weight is 315 g/mol. The molecule has 1 aromatic heterocycles. The SMILES string of the molecule is Cc1oc(C(=O)O)cc1S(=O)(=O)NC1CCC(C)C(C)C1. The van der Waals surface area contributed by atoms with Gasteiger partial charge in [0.15, 0.2) is 0 Å². The van der Waals surface area contributed by atoms with Gasteiger partial charge in [-0.05, 0) is 38.0 Å². The second-order valence-corrected chi connectivity index (χ2v) is 7.60. The first-order valence-electron chi connectivity index (χ1n) is 7.06. The van der Waals surface area contributed by atoms with Crippen molar-refractivity contribution in [2.45, 2.75) is 51.0 Å². The first kappa shape index (κ1) is 16.0. The third-order valence-corrected chi connectivity index (χ3v) is 5.92. The molecule has 0 amide bonds. The largest absolute Gasteiger partial charge is 0.475 e. The minimum atomic E-state index is -3.75. The van der Waals surface area contributed by atoms with Gasteiger partial charge in [-0.15, -0.1) is 0 Å². The number of sulfonamides is 1. The van der Waals surface area contributed by atoms with Crippen molar-refractivity contribution in [3.05, 3.63) is 17.6 Å². The van der Waals surface area contributed by atoms with Gasteiger partial charge < -0.3 is 9.52 Å². The second kappa shape index (κ2) is 5.81. The van der Waals surface area contributed by atoms with E-state index < -0.39 is 16.0 Å². The predicted octanol–water partition coefficient (Wildman–Crippen LogP) is 2.39. The van der Waals surface area contributed by atoms with E-state index in [4.69, 9.17) is 9.52 Å². The van der Waals surface area contributed by atoms with Crippen molar-refractivity contribution in [1.29, 1.82) is 0 Å². The number of aromatic carboxylic acids is 1. The standard InChI is InChI=1S/C14H21NO5S/c1-8-4-5-11(6-9(8)2)15-21(18,19)13-7-12(14(16)17)20-10(13)3/h7-9,11,15H,4-6H2,1-3H3,(H,16,17). The van der Waals surface area contributed by atoms with Crippen LogP contribution in [0.3, 0.4) is 0 Å². The van der Waals surface area contributed by atoms with Crippen LogP contribution in [-0.2, 0) is 10.0 Å². The number of nitrogens with one attached hydrogen (secondary N) is 1. The van der Waals surface area contributed by atoms with Gasteiger partial charge in [-0.25, -0.2) is 17.9 Å². The highest BCUT2D eigenvalue weighted by atomic mass is 32.2. The Kier molecular flexibility index (Phi) is 4.43. The lowest BCUT2D eigenvalue weighted by Gasteiger charge is -2.32. The molecule has 2 rings (SSSR count). The molecule has 1 heterocycles. The lowest BCUT2D eigenvalue weighted by atomic mass is 9.79. The zero-order chi connectivity index (χ0) is 15.8. The van der Waals surface area contributed by atoms with Gasteiger partial charge in [0, 0.05) is 12.1 Å². The van der Waals surface area contributed by atoms with E-state index in [1.165, 1.54) is 6.92 Å². The highest BCUT2D eigenvalue weighted by Gasteiger charge is 2.30. The Balaban J connectivity index is 2.17. The maximum atomic E-state index is 12.4. The molecule has 2 N–H and O–H groups in total. The number of carbonyl (C=O) groups is 1. The Morgan fingerprint density at radius 3 is 2.52 bits per heavy atom. The Labute approximate surface area is 124 Å². The molecule has 0 saturated heterocycles. The summed E-state index contributed by atoms with van der Waals surface area (Å²) in [7, 11) is -3.75. The van der Waals surface area contributed by atoms with E-state index in [-0.39, 0.29) is 22.5 Å². The zero-order valence-corrected chi connectivity index (χ0v) is 13.2. The quantitative estimate of drug-likeness (QED) is 0.889. The average Bonchev–Trinajstić information content (AvgIpc) is 2.77. The molecule has 1 fully saturated rings. The molecule has 3 atom stereocenters. The van der Waals surface area contributed by atoms with Crippen LogP contribution in [0.4, 0.5) is 0 Å². The van der Waals surface area contributed by atoms with E-state index in [0.29, 0.717) is 11.8 Å². The highest BCUT2D eigenvalue weighted by molar-refractivity contribution is 7.89. The molecule has 7 heteroatoms. The number of rotatable bonds is 4. The highest BCUT2D eigenvalue weighted by Crippen LogP contribution is 2.30. The summed E-state index contributed by atoms with van der Waals surface area (Å²) in [6.07, 6.45) is 2.58. The Hall–Kier alpha value is -1.34. The van der Waals surface area contributed by atoms with E-state index in [9.17, 15) is 13.2 Å². The van der Waals surface area contributed by atoms with Crippen LogP contribution < -0.4 is 4.72 Å². The second-order valence-electron chi connectivity index (χ2n) is 5.92. The minimum Gasteiger partial charge on any atom is -0.475 e. The fourth-order valence-corrected chi connectivity index (χ4v) is 4.24. The zero-order valence-electron chi connectivity index (χ0n) is 12.4. The first-order chi connectivity index (χ1) is 9.70. The van der Waals surface area contributed by atoms with Crippen LogP contribution in [0, 0.1) is 18.8 Å². The van der Waals surface area contributed by atoms with Gasteiger partial charge in [0.2, 0.25) is 15.8 Å². The lowest BCUT2D eigenvalue weighted by Crippen LogP contribution is -2.39. The minimum absolute atomic E-state index is 0.0915. The van der Waals surface area contributed by atoms with Crippen molar-refractivity contribution in [1.82, 2.24) is 4.72 Å². The molecule has 6 nitrogen and oxygen atoms in total. The van der Waals surface area contributed by atoms with Crippen LogP contribution in [0.2, 0.25) is 0 Å². The third-order valence-electron chi connectivity index (χ3n) is 4.29. The molecule has 1 aromatic rings. The number of hydrogen-bond acceptors (Lipinski definition) is 4. The van der Waals surface area contributed by atoms with Gasteiger partial charge in [0.1, 0.15) is 10.7 Å². The fourth-order valence-electron chi connectivity index (χ4n) is 2.78. The molecule has 21 heavy (non-hydrogen) atoms. The topological polar surface area (TPSA) is 96.6 Å². The monoisotopic (exact) mass is 315 g/mol. The normalized spacial score (nSPS) is 26.7. The number of hydrogen-bond donors (Lipinski definition) is 2. The van der Waals surface area contributed by atoms with Gasteiger partial charge in [-0.2, -0.15) is 0 Å². The van der Waals surface area contributed by atoms with Crippen LogP contribution in [0.1, 0.15) is 49.4 Å². The summed E-state index contributed by atoms with van der Waals surface area (Å²) in [4.78, 5) is 10.8. The maximum Gasteiger partial charge on any atom is 0.371 e. The molecule has 0 bridgehead atoms. The summed E-state index contributed by atoms with van der Waals surface area (Å²) in [5.74, 6) is -0.484. The van der Waals surface area contributed by atoms with Gasteiger partial charge in [0.05, 0.1) is 0 Å². The van der Waals surface area contributed by atoms with Crippen LogP contribution in [-0.4, -0.2) is 25.5 Å². The molecule has 0 aliphatic heterocycles. The molecular formula is C14H21NO5S. The molecule has 0 aromatic carbocycles. The van der Waals surface area contributed by atoms with Crippen molar-refractivity contribution >= 4 is 16.0 Å². The Morgan fingerprint density at radius 2 is 2.00 bits per heavy atom. The van der Waals surface area contributed by atoms with E-state index in [0.717, 1.165) is 25.3 Å². The summed E-state index contributed by atoms with van der Waals surface area (Å²) in [5, 5.41) is 8.86. The van der Waals surface area contributed by atoms with Gasteiger partial charge in [-0.3, -0.25) is 0 Å². The molecule has 1 aliphatic carbocycles. The molecule has 1 saturated carbocycles. The molecule has 0 spiro atoms. The Bertz CT molecular complexity index is 634. The molecular weight excluding hydrogens is 294 g/mol. The van der Waals surface area contributed by atoms with E-state index in [1.807, 2.05) is 0 Å². The van der Waals surface area contributed by atoms with Crippen LogP contribution >= 0.6 is 0 Å². The molecule has 1 aliphatic rings. The molecule has 3 unspecified atom stereocenters. The smallest absolute Gasteiger partial charge is 0.371 e. The summed E-state index contributed by atoms with van der Waals surface area (Å²) in [5.41, 5.74) is 0. The van der Waals surface area contributed by atoms with Crippen molar-refractivity contribution in [3.8, 4) is 0 Å². The third kappa shape index (κ3) is 3.47. The summed E-state index contributed by atoms with van der Waals surface area (Å²) in [6, 6.07) is 0.957. The fraction of sp³-hybridized carbons (Fsp3) is 0.643. The van der Waals surface area contributed by atoms with Crippen molar-refractivity contribution in [2.75, 3.05) is 0 Å². The predicted molar refractivity (Wildman–Crippen MR) is 76.7 cm³/mol. The number of aryl methyl sites for hydroxylation is 1. The van der Waals surface area contributed by atoms with Crippen molar-refractivity contribution < 1.29 is 22.7 Å². The first-order valence-corrected chi connectivity index (χ1v) is 8.55. The summed E-state index contributed by atoms with van der Waals surface area (Å²) < 4.78 is 32.4. The van der Waals surface area contributed by atoms with Gasteiger partial charge in [-0.1, -0.05) is 13.8 Å². The number of furan rings is 1. The molecule has 118 valence electrons. The van der Waals surface area contributed by atoms with Crippen molar-refractivity contribution in [3.63, 3.8) is 0 Å². The number of carboxylic acid groups (broad SMARTS) is 1. The summed E-state index contributed by atoms with van der Waals surface area (Å²) >= 11 is 0. The lowest BCUT2D eigenvalue weighted by molar-refractivity contribution is 0.0661. The van der Waals surface area contributed by atoms with Crippen LogP contribution in [0.25, 0.3) is 0 Å².